The molecule has 0 saturated carbocycles. The number of hydrogen-bond donors (Lipinski definition) is 1. The van der Waals surface area contributed by atoms with Crippen molar-refractivity contribution in [3.63, 3.8) is 0 Å². The van der Waals surface area contributed by atoms with Crippen LogP contribution in [-0.2, 0) is 19.6 Å². The average molecular weight is 285 g/mol. The van der Waals surface area contributed by atoms with Crippen LogP contribution in [0.5, 0.6) is 0 Å². The lowest BCUT2D eigenvalue weighted by atomic mass is 10.1. The standard InChI is InChI=1S/C13H19NO4S/c1-11(12-7-4-3-5-8-12)14-19(16,17)10-6-9-13(15)18-2/h3-5,7-8,11,14H,6,9-10H2,1-2H3/t11-/m1/s1. The third kappa shape index (κ3) is 5.85. The molecule has 1 N–H and O–H groups in total. The molecule has 0 aromatic heterocycles. The molecule has 0 heterocycles. The van der Waals surface area contributed by atoms with Crippen molar-refractivity contribution in [2.75, 3.05) is 12.9 Å². The lowest BCUT2D eigenvalue weighted by Gasteiger charge is -2.14. The molecule has 1 atom stereocenters. The summed E-state index contributed by atoms with van der Waals surface area (Å²) >= 11 is 0. The van der Waals surface area contributed by atoms with Gasteiger partial charge in [0, 0.05) is 12.5 Å². The van der Waals surface area contributed by atoms with Gasteiger partial charge in [-0.05, 0) is 18.9 Å². The first-order valence-electron chi connectivity index (χ1n) is 6.06. The number of nitrogens with one attached hydrogen (secondary N) is 1. The topological polar surface area (TPSA) is 72.5 Å². The van der Waals surface area contributed by atoms with Gasteiger partial charge in [0.25, 0.3) is 0 Å². The molecule has 0 fully saturated rings. The number of benzene rings is 1. The lowest BCUT2D eigenvalue weighted by molar-refractivity contribution is -0.140. The number of ether oxygens (including phenoxy) is 1. The molecule has 0 radical (unpaired) electrons. The fraction of sp³-hybridized carbons (Fsp3) is 0.462. The zero-order valence-corrected chi connectivity index (χ0v) is 11.9. The van der Waals surface area contributed by atoms with Crippen molar-refractivity contribution >= 4 is 16.0 Å². The van der Waals surface area contributed by atoms with Crippen LogP contribution in [0.15, 0.2) is 30.3 Å². The maximum Gasteiger partial charge on any atom is 0.305 e. The Morgan fingerprint density at radius 1 is 1.32 bits per heavy atom. The van der Waals surface area contributed by atoms with Gasteiger partial charge in [-0.25, -0.2) is 13.1 Å². The van der Waals surface area contributed by atoms with Gasteiger partial charge in [-0.3, -0.25) is 4.79 Å². The molecule has 0 aliphatic heterocycles. The van der Waals surface area contributed by atoms with Crippen LogP contribution in [0.3, 0.4) is 0 Å². The number of hydrogen-bond acceptors (Lipinski definition) is 4. The predicted octanol–water partition coefficient (Wildman–Crippen LogP) is 1.62. The van der Waals surface area contributed by atoms with E-state index in [4.69, 9.17) is 0 Å². The van der Waals surface area contributed by atoms with Gasteiger partial charge in [-0.2, -0.15) is 0 Å². The van der Waals surface area contributed by atoms with Crippen LogP contribution in [-0.4, -0.2) is 27.2 Å². The van der Waals surface area contributed by atoms with Gasteiger partial charge in [0.05, 0.1) is 12.9 Å². The highest BCUT2D eigenvalue weighted by atomic mass is 32.2. The maximum absolute atomic E-state index is 11.8. The number of carbonyl (C=O) groups excluding carboxylic acids is 1. The average Bonchev–Trinajstić information content (AvgIpc) is 2.38. The number of sulfonamides is 1. The molecule has 0 bridgehead atoms. The molecule has 6 heteroatoms. The van der Waals surface area contributed by atoms with E-state index in [1.165, 1.54) is 7.11 Å². The quantitative estimate of drug-likeness (QED) is 0.773. The van der Waals surface area contributed by atoms with E-state index in [1.807, 2.05) is 30.3 Å². The minimum absolute atomic E-state index is 0.0841. The molecule has 5 nitrogen and oxygen atoms in total. The van der Waals surface area contributed by atoms with Crippen LogP contribution in [0, 0.1) is 0 Å². The van der Waals surface area contributed by atoms with E-state index in [0.29, 0.717) is 0 Å². The summed E-state index contributed by atoms with van der Waals surface area (Å²) in [6, 6.07) is 9.03. The fourth-order valence-corrected chi connectivity index (χ4v) is 2.96. The van der Waals surface area contributed by atoms with Gasteiger partial charge in [-0.15, -0.1) is 0 Å². The highest BCUT2D eigenvalue weighted by Crippen LogP contribution is 2.12. The molecule has 1 aromatic carbocycles. The smallest absolute Gasteiger partial charge is 0.305 e. The second kappa shape index (κ2) is 7.25. The van der Waals surface area contributed by atoms with Gasteiger partial charge in [0.2, 0.25) is 10.0 Å². The van der Waals surface area contributed by atoms with E-state index >= 15 is 0 Å². The van der Waals surface area contributed by atoms with Crippen molar-refractivity contribution in [2.45, 2.75) is 25.8 Å². The fourth-order valence-electron chi connectivity index (χ4n) is 1.65. The van der Waals surface area contributed by atoms with Crippen molar-refractivity contribution in [2.24, 2.45) is 0 Å². The summed E-state index contributed by atoms with van der Waals surface area (Å²) in [4.78, 5) is 10.9. The second-order valence-electron chi connectivity index (χ2n) is 4.25. The Labute approximate surface area is 114 Å². The molecule has 19 heavy (non-hydrogen) atoms. The summed E-state index contributed by atoms with van der Waals surface area (Å²) in [7, 11) is -2.11. The molecule has 0 amide bonds. The minimum atomic E-state index is -3.39. The first kappa shape index (κ1) is 15.7. The first-order chi connectivity index (χ1) is 8.94. The zero-order chi connectivity index (χ0) is 14.3. The highest BCUT2D eigenvalue weighted by Gasteiger charge is 2.16. The molecule has 1 rings (SSSR count). The number of methoxy groups -OCH3 is 1. The second-order valence-corrected chi connectivity index (χ2v) is 6.12. The third-order valence-corrected chi connectivity index (χ3v) is 4.22. The van der Waals surface area contributed by atoms with E-state index in [9.17, 15) is 13.2 Å². The Bertz CT molecular complexity index is 499. The van der Waals surface area contributed by atoms with E-state index in [0.717, 1.165) is 5.56 Å². The summed E-state index contributed by atoms with van der Waals surface area (Å²) in [6.07, 6.45) is 0.362. The van der Waals surface area contributed by atoms with Gasteiger partial charge in [0.15, 0.2) is 0 Å². The molecule has 0 saturated heterocycles. The summed E-state index contributed by atoms with van der Waals surface area (Å²) < 4.78 is 30.7. The summed E-state index contributed by atoms with van der Waals surface area (Å²) in [6.45, 7) is 1.78. The number of esters is 1. The van der Waals surface area contributed by atoms with Crippen LogP contribution >= 0.6 is 0 Å². The Morgan fingerprint density at radius 3 is 2.53 bits per heavy atom. The SMILES string of the molecule is COC(=O)CCCS(=O)(=O)N[C@H](C)c1ccccc1. The van der Waals surface area contributed by atoms with E-state index in [1.54, 1.807) is 6.92 Å². The Balaban J connectivity index is 2.48. The van der Waals surface area contributed by atoms with Crippen LogP contribution in [0.25, 0.3) is 0 Å². The van der Waals surface area contributed by atoms with E-state index < -0.39 is 16.0 Å². The number of rotatable bonds is 7. The van der Waals surface area contributed by atoms with Crippen LogP contribution in [0.1, 0.15) is 31.4 Å². The van der Waals surface area contributed by atoms with Gasteiger partial charge < -0.3 is 4.74 Å². The van der Waals surface area contributed by atoms with Crippen molar-refractivity contribution in [3.8, 4) is 0 Å². The van der Waals surface area contributed by atoms with Crippen LogP contribution in [0.2, 0.25) is 0 Å². The monoisotopic (exact) mass is 285 g/mol. The predicted molar refractivity (Wildman–Crippen MR) is 73.0 cm³/mol. The normalized spacial score (nSPS) is 12.9. The molecule has 106 valence electrons. The molecule has 0 spiro atoms. The largest absolute Gasteiger partial charge is 0.469 e. The van der Waals surface area contributed by atoms with Gasteiger partial charge in [-0.1, -0.05) is 30.3 Å². The number of carbonyl (C=O) groups is 1. The van der Waals surface area contributed by atoms with E-state index in [-0.39, 0.29) is 24.6 Å². The molecular formula is C13H19NO4S. The summed E-state index contributed by atoms with van der Waals surface area (Å²) in [5.41, 5.74) is 0.902. The summed E-state index contributed by atoms with van der Waals surface area (Å²) in [5, 5.41) is 0. The van der Waals surface area contributed by atoms with Crippen LogP contribution in [0.4, 0.5) is 0 Å². The Kier molecular flexibility index (Phi) is 5.98. The van der Waals surface area contributed by atoms with Gasteiger partial charge >= 0.3 is 5.97 Å². The molecule has 0 unspecified atom stereocenters. The molecule has 1 aromatic rings. The Morgan fingerprint density at radius 2 is 1.95 bits per heavy atom. The molecular weight excluding hydrogens is 266 g/mol. The van der Waals surface area contributed by atoms with Crippen molar-refractivity contribution < 1.29 is 17.9 Å². The highest BCUT2D eigenvalue weighted by molar-refractivity contribution is 7.89. The van der Waals surface area contributed by atoms with Crippen LogP contribution < -0.4 is 4.72 Å². The van der Waals surface area contributed by atoms with Gasteiger partial charge in [0.1, 0.15) is 0 Å². The molecule has 0 aliphatic rings. The first-order valence-corrected chi connectivity index (χ1v) is 7.71. The minimum Gasteiger partial charge on any atom is -0.469 e. The van der Waals surface area contributed by atoms with Crippen molar-refractivity contribution in [1.29, 1.82) is 0 Å². The van der Waals surface area contributed by atoms with E-state index in [2.05, 4.69) is 9.46 Å². The lowest BCUT2D eigenvalue weighted by Crippen LogP contribution is -2.29. The summed E-state index contributed by atoms with van der Waals surface area (Å²) in [5.74, 6) is -0.481. The van der Waals surface area contributed by atoms with Crippen molar-refractivity contribution in [1.82, 2.24) is 4.72 Å². The molecule has 0 aliphatic carbocycles. The van der Waals surface area contributed by atoms with Crippen molar-refractivity contribution in [3.05, 3.63) is 35.9 Å². The maximum atomic E-state index is 11.8. The third-order valence-electron chi connectivity index (χ3n) is 2.68. The Hall–Kier alpha value is -1.40. The zero-order valence-electron chi connectivity index (χ0n) is 11.1.